The van der Waals surface area contributed by atoms with E-state index in [1.165, 1.54) is 6.08 Å². The number of halogens is 5. The van der Waals surface area contributed by atoms with Gasteiger partial charge in [-0.15, -0.1) is 0 Å². The summed E-state index contributed by atoms with van der Waals surface area (Å²) in [5.41, 5.74) is -0.0254. The molecule has 1 aliphatic rings. The van der Waals surface area contributed by atoms with E-state index in [4.69, 9.17) is 0 Å². The van der Waals surface area contributed by atoms with Crippen molar-refractivity contribution < 1.29 is 22.0 Å². The minimum Gasteiger partial charge on any atom is -0.329 e. The molecule has 2 aromatic rings. The van der Waals surface area contributed by atoms with Crippen molar-refractivity contribution in [3.05, 3.63) is 82.2 Å². The zero-order valence-corrected chi connectivity index (χ0v) is 15.1. The second kappa shape index (κ2) is 7.18. The first-order valence-electron chi connectivity index (χ1n) is 8.44. The molecule has 3 rings (SSSR count). The molecule has 0 saturated carbocycles. The van der Waals surface area contributed by atoms with Crippen LogP contribution in [0.2, 0.25) is 0 Å². The summed E-state index contributed by atoms with van der Waals surface area (Å²) >= 11 is 0. The van der Waals surface area contributed by atoms with Crippen LogP contribution in [0.5, 0.6) is 0 Å². The summed E-state index contributed by atoms with van der Waals surface area (Å²) in [7, 11) is 0. The number of nitrogens with zero attached hydrogens (tertiary/aromatic N) is 1. The molecule has 0 radical (unpaired) electrons. The van der Waals surface area contributed by atoms with Crippen LogP contribution < -0.4 is 4.90 Å². The van der Waals surface area contributed by atoms with Gasteiger partial charge in [0, 0.05) is 17.7 Å². The molecule has 27 heavy (non-hydrogen) atoms. The first-order valence-corrected chi connectivity index (χ1v) is 8.44. The van der Waals surface area contributed by atoms with Gasteiger partial charge in [0.1, 0.15) is 11.5 Å². The Labute approximate surface area is 154 Å². The Bertz CT molecular complexity index is 915. The van der Waals surface area contributed by atoms with Gasteiger partial charge in [-0.3, -0.25) is 0 Å². The molecular formula is C21H18F5N. The van der Waals surface area contributed by atoms with E-state index in [9.17, 15) is 22.0 Å². The molecule has 6 heteroatoms. The Kier molecular flexibility index (Phi) is 5.09. The van der Waals surface area contributed by atoms with E-state index in [2.05, 4.69) is 0 Å². The predicted molar refractivity (Wildman–Crippen MR) is 95.7 cm³/mol. The van der Waals surface area contributed by atoms with Gasteiger partial charge in [0.2, 0.25) is 0 Å². The normalized spacial score (nSPS) is 16.8. The molecule has 142 valence electrons. The highest BCUT2D eigenvalue weighted by molar-refractivity contribution is 5.68. The van der Waals surface area contributed by atoms with Crippen LogP contribution >= 0.6 is 0 Å². The van der Waals surface area contributed by atoms with Crippen molar-refractivity contribution in [3.8, 4) is 0 Å². The zero-order valence-electron chi connectivity index (χ0n) is 15.1. The molecule has 0 amide bonds. The molecular weight excluding hydrogens is 361 g/mol. The maximum Gasteiger partial charge on any atom is 0.185 e. The number of benzene rings is 2. The van der Waals surface area contributed by atoms with E-state index in [1.54, 1.807) is 37.3 Å². The summed E-state index contributed by atoms with van der Waals surface area (Å²) in [4.78, 5) is 1.10. The molecule has 0 saturated heterocycles. The van der Waals surface area contributed by atoms with Crippen molar-refractivity contribution in [1.29, 1.82) is 0 Å². The monoisotopic (exact) mass is 379 g/mol. The molecule has 2 aromatic carbocycles. The van der Waals surface area contributed by atoms with Gasteiger partial charge in [0.25, 0.3) is 0 Å². The van der Waals surface area contributed by atoms with Crippen LogP contribution in [0.15, 0.2) is 47.8 Å². The molecule has 0 heterocycles. The van der Waals surface area contributed by atoms with Crippen molar-refractivity contribution in [2.24, 2.45) is 0 Å². The van der Waals surface area contributed by atoms with E-state index in [-0.39, 0.29) is 6.42 Å². The maximum absolute atomic E-state index is 14.7. The van der Waals surface area contributed by atoms with Gasteiger partial charge in [-0.05, 0) is 38.5 Å². The lowest BCUT2D eigenvalue weighted by atomic mass is 9.99. The molecule has 0 spiro atoms. The van der Waals surface area contributed by atoms with Gasteiger partial charge in [-0.1, -0.05) is 29.8 Å². The van der Waals surface area contributed by atoms with Gasteiger partial charge < -0.3 is 4.90 Å². The number of rotatable bonds is 3. The topological polar surface area (TPSA) is 3.24 Å². The van der Waals surface area contributed by atoms with Crippen molar-refractivity contribution in [2.45, 2.75) is 33.2 Å². The lowest BCUT2D eigenvalue weighted by molar-refractivity contribution is 0.442. The van der Waals surface area contributed by atoms with Gasteiger partial charge in [0.05, 0.1) is 6.04 Å². The van der Waals surface area contributed by atoms with Gasteiger partial charge in [-0.2, -0.15) is 0 Å². The Morgan fingerprint density at radius 1 is 0.815 bits per heavy atom. The SMILES string of the molecule is CC1=C(F)CC(N(c2ccc(C)cc2)c2c(F)c(F)c(C)c(F)c2F)C=C1. The van der Waals surface area contributed by atoms with Crippen LogP contribution in [0, 0.1) is 37.1 Å². The van der Waals surface area contributed by atoms with Crippen molar-refractivity contribution >= 4 is 11.4 Å². The summed E-state index contributed by atoms with van der Waals surface area (Å²) < 4.78 is 71.9. The minimum absolute atomic E-state index is 0.174. The fourth-order valence-electron chi connectivity index (χ4n) is 3.07. The second-order valence-corrected chi connectivity index (χ2v) is 6.65. The van der Waals surface area contributed by atoms with E-state index in [1.807, 2.05) is 6.92 Å². The molecule has 1 unspecified atom stereocenters. The molecule has 0 N–H and O–H groups in total. The summed E-state index contributed by atoms with van der Waals surface area (Å²) in [6.45, 7) is 4.36. The fraction of sp³-hybridized carbons (Fsp3) is 0.238. The number of anilines is 2. The Morgan fingerprint density at radius 2 is 1.37 bits per heavy atom. The van der Waals surface area contributed by atoms with Gasteiger partial charge >= 0.3 is 0 Å². The van der Waals surface area contributed by atoms with Crippen molar-refractivity contribution in [1.82, 2.24) is 0 Å². The molecule has 0 bridgehead atoms. The van der Waals surface area contributed by atoms with E-state index >= 15 is 0 Å². The van der Waals surface area contributed by atoms with E-state index in [0.717, 1.165) is 17.4 Å². The Balaban J connectivity index is 2.23. The van der Waals surface area contributed by atoms with Crippen molar-refractivity contribution in [2.75, 3.05) is 4.90 Å². The summed E-state index contributed by atoms with van der Waals surface area (Å²) in [5, 5.41) is 0. The largest absolute Gasteiger partial charge is 0.329 e. The van der Waals surface area contributed by atoms with Gasteiger partial charge in [-0.25, -0.2) is 22.0 Å². The minimum atomic E-state index is -1.51. The Morgan fingerprint density at radius 3 is 1.89 bits per heavy atom. The third kappa shape index (κ3) is 3.36. The summed E-state index contributed by atoms with van der Waals surface area (Å²) in [6, 6.07) is 5.69. The third-order valence-corrected chi connectivity index (χ3v) is 4.73. The van der Waals surface area contributed by atoms with Crippen LogP contribution in [0.4, 0.5) is 33.3 Å². The third-order valence-electron chi connectivity index (χ3n) is 4.73. The number of aryl methyl sites for hydroxylation is 1. The van der Waals surface area contributed by atoms with E-state index < -0.39 is 46.4 Å². The number of hydrogen-bond acceptors (Lipinski definition) is 1. The number of hydrogen-bond donors (Lipinski definition) is 0. The highest BCUT2D eigenvalue weighted by Gasteiger charge is 2.32. The van der Waals surface area contributed by atoms with Gasteiger partial charge in [0.15, 0.2) is 23.3 Å². The molecule has 1 atom stereocenters. The highest BCUT2D eigenvalue weighted by Crippen LogP contribution is 2.39. The first kappa shape index (κ1) is 19.1. The average Bonchev–Trinajstić information content (AvgIpc) is 2.65. The standard InChI is InChI=1S/C21H18F5N/c1-11-4-7-14(8-5-11)27(15-9-6-12(2)16(22)10-15)21-19(25)17(23)13(3)18(24)20(21)26/h4-9,15H,10H2,1-3H3. The van der Waals surface area contributed by atoms with Crippen molar-refractivity contribution in [3.63, 3.8) is 0 Å². The highest BCUT2D eigenvalue weighted by atomic mass is 19.2. The van der Waals surface area contributed by atoms with Crippen LogP contribution in [0.25, 0.3) is 0 Å². The quantitative estimate of drug-likeness (QED) is 0.431. The fourth-order valence-corrected chi connectivity index (χ4v) is 3.07. The lowest BCUT2D eigenvalue weighted by Gasteiger charge is -2.34. The first-order chi connectivity index (χ1) is 12.7. The molecule has 0 aliphatic heterocycles. The second-order valence-electron chi connectivity index (χ2n) is 6.65. The summed E-state index contributed by atoms with van der Waals surface area (Å²) in [5.74, 6) is -6.39. The summed E-state index contributed by atoms with van der Waals surface area (Å²) in [6.07, 6.45) is 2.88. The van der Waals surface area contributed by atoms with Crippen LogP contribution in [0.3, 0.4) is 0 Å². The Hall–Kier alpha value is -2.63. The van der Waals surface area contributed by atoms with Crippen LogP contribution in [-0.2, 0) is 0 Å². The predicted octanol–water partition coefficient (Wildman–Crippen LogP) is 6.57. The molecule has 1 aliphatic carbocycles. The lowest BCUT2D eigenvalue weighted by Crippen LogP contribution is -2.33. The van der Waals surface area contributed by atoms with Crippen LogP contribution in [-0.4, -0.2) is 6.04 Å². The maximum atomic E-state index is 14.7. The molecule has 0 aromatic heterocycles. The number of allylic oxidation sites excluding steroid dienone is 2. The van der Waals surface area contributed by atoms with Crippen LogP contribution in [0.1, 0.15) is 24.5 Å². The average molecular weight is 379 g/mol. The van der Waals surface area contributed by atoms with E-state index in [0.29, 0.717) is 11.3 Å². The molecule has 0 fully saturated rings. The zero-order chi connectivity index (χ0) is 19.9. The molecule has 1 nitrogen and oxygen atoms in total. The smallest absolute Gasteiger partial charge is 0.185 e.